The predicted molar refractivity (Wildman–Crippen MR) is 109 cm³/mol. The highest BCUT2D eigenvalue weighted by Crippen LogP contribution is 2.30. The molecule has 1 fully saturated rings. The highest BCUT2D eigenvalue weighted by molar-refractivity contribution is 7.89. The van der Waals surface area contributed by atoms with E-state index < -0.39 is 22.0 Å². The number of anilines is 1. The van der Waals surface area contributed by atoms with Gasteiger partial charge >= 0.3 is 5.97 Å². The number of methoxy groups -OCH3 is 1. The number of sulfonamides is 1. The van der Waals surface area contributed by atoms with Gasteiger partial charge in [0.1, 0.15) is 0 Å². The Morgan fingerprint density at radius 3 is 2.34 bits per heavy atom. The van der Waals surface area contributed by atoms with Crippen LogP contribution < -0.4 is 10.0 Å². The second kappa shape index (κ2) is 8.34. The molecular formula is C21H24N2O5S. The maximum atomic E-state index is 12.9. The molecule has 0 aromatic heterocycles. The molecule has 7 nitrogen and oxygen atoms in total. The van der Waals surface area contributed by atoms with Gasteiger partial charge in [-0.3, -0.25) is 4.79 Å². The van der Waals surface area contributed by atoms with E-state index in [1.165, 1.54) is 19.2 Å². The SMILES string of the molecule is COC(=O)c1ccc(C)c(S(=O)(=O)N[C@@H](C)c2ccc(NC(=O)C3CC3)cc2)c1. The van der Waals surface area contributed by atoms with E-state index in [0.29, 0.717) is 11.3 Å². The molecule has 2 aromatic carbocycles. The van der Waals surface area contributed by atoms with Crippen LogP contribution in [0.2, 0.25) is 0 Å². The summed E-state index contributed by atoms with van der Waals surface area (Å²) in [5, 5.41) is 2.85. The first-order chi connectivity index (χ1) is 13.7. The lowest BCUT2D eigenvalue weighted by atomic mass is 10.1. The van der Waals surface area contributed by atoms with Gasteiger partial charge in [-0.1, -0.05) is 18.2 Å². The number of esters is 1. The monoisotopic (exact) mass is 416 g/mol. The van der Waals surface area contributed by atoms with Crippen LogP contribution in [0.3, 0.4) is 0 Å². The largest absolute Gasteiger partial charge is 0.465 e. The molecule has 29 heavy (non-hydrogen) atoms. The molecule has 0 saturated heterocycles. The Hall–Kier alpha value is -2.71. The third kappa shape index (κ3) is 5.02. The molecule has 1 amide bonds. The fraction of sp³-hybridized carbons (Fsp3) is 0.333. The maximum absolute atomic E-state index is 12.9. The fourth-order valence-electron chi connectivity index (χ4n) is 2.94. The smallest absolute Gasteiger partial charge is 0.337 e. The van der Waals surface area contributed by atoms with Crippen LogP contribution >= 0.6 is 0 Å². The molecule has 2 aromatic rings. The molecule has 154 valence electrons. The average molecular weight is 416 g/mol. The van der Waals surface area contributed by atoms with Crippen molar-refractivity contribution in [2.24, 2.45) is 5.92 Å². The normalized spacial score (nSPS) is 14.9. The lowest BCUT2D eigenvalue weighted by Gasteiger charge is -2.17. The number of hydrogen-bond donors (Lipinski definition) is 2. The summed E-state index contributed by atoms with van der Waals surface area (Å²) >= 11 is 0. The summed E-state index contributed by atoms with van der Waals surface area (Å²) < 4.78 is 33.1. The zero-order valence-electron chi connectivity index (χ0n) is 16.6. The van der Waals surface area contributed by atoms with Crippen LogP contribution in [-0.4, -0.2) is 27.4 Å². The fourth-order valence-corrected chi connectivity index (χ4v) is 4.45. The third-order valence-corrected chi connectivity index (χ3v) is 6.54. The zero-order chi connectivity index (χ0) is 21.2. The summed E-state index contributed by atoms with van der Waals surface area (Å²) in [7, 11) is -2.62. The topological polar surface area (TPSA) is 102 Å². The van der Waals surface area contributed by atoms with E-state index in [2.05, 4.69) is 14.8 Å². The van der Waals surface area contributed by atoms with Crippen LogP contribution in [0.4, 0.5) is 5.69 Å². The number of benzene rings is 2. The van der Waals surface area contributed by atoms with Crippen molar-refractivity contribution < 1.29 is 22.7 Å². The Labute approximate surface area is 170 Å². The summed E-state index contributed by atoms with van der Waals surface area (Å²) in [6.07, 6.45) is 1.86. The van der Waals surface area contributed by atoms with Crippen molar-refractivity contribution >= 4 is 27.6 Å². The van der Waals surface area contributed by atoms with Crippen molar-refractivity contribution in [3.05, 3.63) is 59.2 Å². The van der Waals surface area contributed by atoms with E-state index in [9.17, 15) is 18.0 Å². The molecule has 0 spiro atoms. The summed E-state index contributed by atoms with van der Waals surface area (Å²) in [5.41, 5.74) is 2.12. The van der Waals surface area contributed by atoms with Crippen molar-refractivity contribution in [2.45, 2.75) is 37.6 Å². The van der Waals surface area contributed by atoms with Crippen molar-refractivity contribution in [3.8, 4) is 0 Å². The zero-order valence-corrected chi connectivity index (χ0v) is 17.4. The molecule has 2 N–H and O–H groups in total. The van der Waals surface area contributed by atoms with Crippen LogP contribution in [0.15, 0.2) is 47.4 Å². The lowest BCUT2D eigenvalue weighted by molar-refractivity contribution is -0.117. The van der Waals surface area contributed by atoms with Gasteiger partial charge in [-0.05, 0) is 62.1 Å². The molecule has 1 aliphatic carbocycles. The summed E-state index contributed by atoms with van der Waals surface area (Å²) in [4.78, 5) is 23.6. The van der Waals surface area contributed by atoms with Gasteiger partial charge in [0.05, 0.1) is 17.6 Å². The van der Waals surface area contributed by atoms with E-state index in [0.717, 1.165) is 18.4 Å². The Morgan fingerprint density at radius 1 is 1.10 bits per heavy atom. The Kier molecular flexibility index (Phi) is 6.04. The number of ether oxygens (including phenoxy) is 1. The van der Waals surface area contributed by atoms with Gasteiger partial charge in [-0.15, -0.1) is 0 Å². The van der Waals surface area contributed by atoms with Crippen molar-refractivity contribution in [3.63, 3.8) is 0 Å². The minimum absolute atomic E-state index is 0.0208. The third-order valence-electron chi connectivity index (χ3n) is 4.86. The first-order valence-corrected chi connectivity index (χ1v) is 10.8. The first-order valence-electron chi connectivity index (χ1n) is 9.33. The first kappa shape index (κ1) is 21.0. The number of aryl methyl sites for hydroxylation is 1. The van der Waals surface area contributed by atoms with Gasteiger partial charge in [0.15, 0.2) is 0 Å². The van der Waals surface area contributed by atoms with E-state index in [1.54, 1.807) is 44.2 Å². The van der Waals surface area contributed by atoms with Gasteiger partial charge < -0.3 is 10.1 Å². The average Bonchev–Trinajstić information content (AvgIpc) is 3.53. The lowest BCUT2D eigenvalue weighted by Crippen LogP contribution is -2.27. The van der Waals surface area contributed by atoms with E-state index in [-0.39, 0.29) is 22.3 Å². The van der Waals surface area contributed by atoms with Gasteiger partial charge in [-0.25, -0.2) is 17.9 Å². The molecule has 3 rings (SSSR count). The van der Waals surface area contributed by atoms with Gasteiger partial charge in [0, 0.05) is 17.6 Å². The van der Waals surface area contributed by atoms with E-state index >= 15 is 0 Å². The molecule has 1 saturated carbocycles. The van der Waals surface area contributed by atoms with Crippen LogP contribution in [0.5, 0.6) is 0 Å². The summed E-state index contributed by atoms with van der Waals surface area (Å²) in [6.45, 7) is 3.40. The molecule has 0 bridgehead atoms. The van der Waals surface area contributed by atoms with Crippen molar-refractivity contribution in [2.75, 3.05) is 12.4 Å². The van der Waals surface area contributed by atoms with Gasteiger partial charge in [0.25, 0.3) is 0 Å². The predicted octanol–water partition coefficient (Wildman–Crippen LogP) is 3.17. The Bertz CT molecular complexity index is 1030. The number of hydrogen-bond acceptors (Lipinski definition) is 5. The summed E-state index contributed by atoms with van der Waals surface area (Å²) in [5.74, 6) is -0.463. The highest BCUT2D eigenvalue weighted by Gasteiger charge is 2.29. The molecule has 1 atom stereocenters. The molecule has 0 aliphatic heterocycles. The van der Waals surface area contributed by atoms with Crippen LogP contribution in [-0.2, 0) is 19.6 Å². The number of amides is 1. The molecule has 1 aliphatic rings. The molecule has 8 heteroatoms. The minimum Gasteiger partial charge on any atom is -0.465 e. The van der Waals surface area contributed by atoms with Gasteiger partial charge in [-0.2, -0.15) is 0 Å². The second-order valence-corrected chi connectivity index (χ2v) is 8.88. The number of carbonyl (C=O) groups excluding carboxylic acids is 2. The number of carbonyl (C=O) groups is 2. The van der Waals surface area contributed by atoms with Crippen molar-refractivity contribution in [1.82, 2.24) is 4.72 Å². The number of rotatable bonds is 7. The quantitative estimate of drug-likeness (QED) is 0.675. The van der Waals surface area contributed by atoms with Crippen LogP contribution in [0.25, 0.3) is 0 Å². The molecule has 0 unspecified atom stereocenters. The standard InChI is InChI=1S/C21H24N2O5S/c1-13-4-5-17(21(25)28-3)12-19(13)29(26,27)23-14(2)15-8-10-18(11-9-15)22-20(24)16-6-7-16/h4-5,8-12,14,16,23H,6-7H2,1-3H3,(H,22,24)/t14-/m0/s1. The van der Waals surface area contributed by atoms with Crippen LogP contribution in [0.1, 0.15) is 47.3 Å². The van der Waals surface area contributed by atoms with E-state index in [1.807, 2.05) is 0 Å². The molecule has 0 radical (unpaired) electrons. The van der Waals surface area contributed by atoms with Crippen molar-refractivity contribution in [1.29, 1.82) is 0 Å². The second-order valence-electron chi connectivity index (χ2n) is 7.20. The molecule has 0 heterocycles. The number of nitrogens with one attached hydrogen (secondary N) is 2. The van der Waals surface area contributed by atoms with Crippen LogP contribution in [0, 0.1) is 12.8 Å². The summed E-state index contributed by atoms with van der Waals surface area (Å²) in [6, 6.07) is 11.0. The van der Waals surface area contributed by atoms with E-state index in [4.69, 9.17) is 0 Å². The Balaban J connectivity index is 1.74. The van der Waals surface area contributed by atoms with Gasteiger partial charge in [0.2, 0.25) is 15.9 Å². The maximum Gasteiger partial charge on any atom is 0.337 e. The Morgan fingerprint density at radius 2 is 1.76 bits per heavy atom. The highest BCUT2D eigenvalue weighted by atomic mass is 32.2. The molecular weight excluding hydrogens is 392 g/mol. The minimum atomic E-state index is -3.86.